The Balaban J connectivity index is 4.26. The Morgan fingerprint density at radius 1 is 1.09 bits per heavy atom. The van der Waals surface area contributed by atoms with Crippen molar-refractivity contribution in [2.75, 3.05) is 6.61 Å². The van der Waals surface area contributed by atoms with Gasteiger partial charge < -0.3 is 5.11 Å². The fourth-order valence-corrected chi connectivity index (χ4v) is 1.00. The first-order chi connectivity index (χ1) is 4.87. The summed E-state index contributed by atoms with van der Waals surface area (Å²) in [5.74, 6) is 0. The molecule has 0 atom stereocenters. The summed E-state index contributed by atoms with van der Waals surface area (Å²) in [5, 5.41) is 9.14. The Bertz CT molecular complexity index is 119. The molecule has 2 heteroatoms. The summed E-state index contributed by atoms with van der Waals surface area (Å²) in [4.78, 5) is 0. The first-order valence-corrected chi connectivity index (χ1v) is 4.26. The SMILES string of the molecule is C[B]CC(C)(C)C(C)(C)CO. The Morgan fingerprint density at radius 2 is 1.55 bits per heavy atom. The zero-order chi connectivity index (χ0) is 9.12. The average Bonchev–Trinajstić information content (AvgIpc) is 1.87. The van der Waals surface area contributed by atoms with Gasteiger partial charge in [-0.15, -0.1) is 0 Å². The van der Waals surface area contributed by atoms with Crippen molar-refractivity contribution in [3.05, 3.63) is 0 Å². The predicted octanol–water partition coefficient (Wildman–Crippen LogP) is 2.20. The van der Waals surface area contributed by atoms with Crippen LogP contribution in [0.5, 0.6) is 0 Å². The highest BCUT2D eigenvalue weighted by molar-refractivity contribution is 6.33. The molecular weight excluding hydrogens is 135 g/mol. The van der Waals surface area contributed by atoms with E-state index in [0.717, 1.165) is 6.32 Å². The van der Waals surface area contributed by atoms with Gasteiger partial charge in [-0.3, -0.25) is 0 Å². The smallest absolute Gasteiger partial charge is 0.106 e. The van der Waals surface area contributed by atoms with Gasteiger partial charge in [0.15, 0.2) is 0 Å². The Hall–Kier alpha value is 0.0249. The minimum absolute atomic E-state index is 0.0134. The van der Waals surface area contributed by atoms with E-state index in [1.165, 1.54) is 0 Å². The van der Waals surface area contributed by atoms with Crippen LogP contribution in [0.3, 0.4) is 0 Å². The number of hydrogen-bond donors (Lipinski definition) is 1. The van der Waals surface area contributed by atoms with E-state index in [0.29, 0.717) is 0 Å². The summed E-state index contributed by atoms with van der Waals surface area (Å²) in [7, 11) is 2.16. The Kier molecular flexibility index (Phi) is 3.63. The Morgan fingerprint density at radius 3 is 1.82 bits per heavy atom. The van der Waals surface area contributed by atoms with Crippen LogP contribution in [-0.2, 0) is 0 Å². The molecule has 0 amide bonds. The molecule has 0 aromatic rings. The second-order valence-electron chi connectivity index (χ2n) is 4.54. The molecule has 0 unspecified atom stereocenters. The van der Waals surface area contributed by atoms with Crippen molar-refractivity contribution in [2.45, 2.75) is 40.8 Å². The van der Waals surface area contributed by atoms with Crippen molar-refractivity contribution in [2.24, 2.45) is 10.8 Å². The van der Waals surface area contributed by atoms with Crippen molar-refractivity contribution in [3.8, 4) is 0 Å². The highest BCUT2D eigenvalue weighted by Gasteiger charge is 2.34. The van der Waals surface area contributed by atoms with Crippen LogP contribution in [0.15, 0.2) is 0 Å². The third-order valence-electron chi connectivity index (χ3n) is 2.94. The van der Waals surface area contributed by atoms with Crippen LogP contribution in [0.2, 0.25) is 13.1 Å². The number of rotatable bonds is 4. The topological polar surface area (TPSA) is 20.2 Å². The van der Waals surface area contributed by atoms with E-state index in [-0.39, 0.29) is 17.4 Å². The molecule has 0 spiro atoms. The third-order valence-corrected chi connectivity index (χ3v) is 2.94. The second kappa shape index (κ2) is 3.62. The van der Waals surface area contributed by atoms with E-state index in [9.17, 15) is 0 Å². The molecule has 1 radical (unpaired) electrons. The maximum Gasteiger partial charge on any atom is 0.106 e. The van der Waals surface area contributed by atoms with Crippen molar-refractivity contribution in [3.63, 3.8) is 0 Å². The average molecular weight is 155 g/mol. The van der Waals surface area contributed by atoms with Gasteiger partial charge in [0.05, 0.1) is 0 Å². The summed E-state index contributed by atoms with van der Waals surface area (Å²) in [6.45, 7) is 10.9. The summed E-state index contributed by atoms with van der Waals surface area (Å²) < 4.78 is 0. The maximum absolute atomic E-state index is 9.14. The van der Waals surface area contributed by atoms with Gasteiger partial charge in [-0.2, -0.15) is 0 Å². The van der Waals surface area contributed by atoms with Crippen LogP contribution in [0.4, 0.5) is 0 Å². The Labute approximate surface area is 71.4 Å². The molecular formula is C9H20BO. The van der Waals surface area contributed by atoms with Crippen molar-refractivity contribution in [1.29, 1.82) is 0 Å². The highest BCUT2D eigenvalue weighted by Crippen LogP contribution is 2.40. The number of hydrogen-bond acceptors (Lipinski definition) is 1. The molecule has 0 heterocycles. The predicted molar refractivity (Wildman–Crippen MR) is 51.1 cm³/mol. The molecule has 0 aromatic heterocycles. The molecule has 65 valence electrons. The monoisotopic (exact) mass is 155 g/mol. The van der Waals surface area contributed by atoms with Crippen molar-refractivity contribution in [1.82, 2.24) is 0 Å². The third kappa shape index (κ3) is 2.51. The van der Waals surface area contributed by atoms with Crippen LogP contribution >= 0.6 is 0 Å². The molecule has 0 aromatic carbocycles. The molecule has 0 saturated carbocycles. The van der Waals surface area contributed by atoms with Gasteiger partial charge in [-0.25, -0.2) is 0 Å². The van der Waals surface area contributed by atoms with Crippen LogP contribution < -0.4 is 0 Å². The standard InChI is InChI=1S/C9H20BO/c1-8(2,6-10-5)9(3,4)7-11/h11H,6-7H2,1-5H3. The first-order valence-electron chi connectivity index (χ1n) is 4.26. The number of aliphatic hydroxyl groups is 1. The van der Waals surface area contributed by atoms with E-state index in [4.69, 9.17) is 5.11 Å². The number of aliphatic hydroxyl groups excluding tert-OH is 1. The molecule has 0 aliphatic carbocycles. The molecule has 1 nitrogen and oxygen atoms in total. The summed E-state index contributed by atoms with van der Waals surface area (Å²) in [6, 6.07) is 0. The lowest BCUT2D eigenvalue weighted by atomic mass is 9.56. The van der Waals surface area contributed by atoms with Gasteiger partial charge in [-0.1, -0.05) is 40.8 Å². The molecule has 0 aliphatic rings. The molecule has 0 aliphatic heterocycles. The van der Waals surface area contributed by atoms with Gasteiger partial charge in [-0.05, 0) is 10.8 Å². The zero-order valence-electron chi connectivity index (χ0n) is 8.44. The van der Waals surface area contributed by atoms with E-state index in [1.54, 1.807) is 0 Å². The largest absolute Gasteiger partial charge is 0.396 e. The fraction of sp³-hybridized carbons (Fsp3) is 1.00. The van der Waals surface area contributed by atoms with Gasteiger partial charge >= 0.3 is 0 Å². The van der Waals surface area contributed by atoms with Gasteiger partial charge in [0.1, 0.15) is 7.28 Å². The van der Waals surface area contributed by atoms with E-state index in [2.05, 4.69) is 41.8 Å². The van der Waals surface area contributed by atoms with Crippen molar-refractivity contribution < 1.29 is 5.11 Å². The maximum atomic E-state index is 9.14. The normalized spacial score (nSPS) is 13.3. The van der Waals surface area contributed by atoms with Crippen LogP contribution in [0.25, 0.3) is 0 Å². The van der Waals surface area contributed by atoms with Gasteiger partial charge in [0.25, 0.3) is 0 Å². The molecule has 0 saturated heterocycles. The lowest BCUT2D eigenvalue weighted by molar-refractivity contribution is 0.0504. The van der Waals surface area contributed by atoms with E-state index >= 15 is 0 Å². The second-order valence-corrected chi connectivity index (χ2v) is 4.54. The van der Waals surface area contributed by atoms with E-state index < -0.39 is 0 Å². The fourth-order valence-electron chi connectivity index (χ4n) is 1.00. The lowest BCUT2D eigenvalue weighted by Crippen LogP contribution is -2.36. The van der Waals surface area contributed by atoms with Crippen molar-refractivity contribution >= 4 is 7.28 Å². The molecule has 0 rings (SSSR count). The lowest BCUT2D eigenvalue weighted by Gasteiger charge is -2.40. The summed E-state index contributed by atoms with van der Waals surface area (Å²) in [5.41, 5.74) is 0.204. The zero-order valence-corrected chi connectivity index (χ0v) is 8.44. The highest BCUT2D eigenvalue weighted by atomic mass is 16.3. The summed E-state index contributed by atoms with van der Waals surface area (Å²) in [6.07, 6.45) is 1.06. The van der Waals surface area contributed by atoms with Crippen LogP contribution in [0, 0.1) is 10.8 Å². The minimum Gasteiger partial charge on any atom is -0.396 e. The van der Waals surface area contributed by atoms with E-state index in [1.807, 2.05) is 0 Å². The minimum atomic E-state index is 0.0134. The van der Waals surface area contributed by atoms with Gasteiger partial charge in [0, 0.05) is 6.61 Å². The van der Waals surface area contributed by atoms with Crippen LogP contribution in [0.1, 0.15) is 27.7 Å². The molecule has 0 fully saturated rings. The summed E-state index contributed by atoms with van der Waals surface area (Å²) >= 11 is 0. The molecule has 1 N–H and O–H groups in total. The quantitative estimate of drug-likeness (QED) is 0.617. The van der Waals surface area contributed by atoms with Gasteiger partial charge in [0.2, 0.25) is 0 Å². The van der Waals surface area contributed by atoms with Crippen LogP contribution in [-0.4, -0.2) is 19.0 Å². The first kappa shape index (κ1) is 11.0. The molecule has 0 bridgehead atoms. The molecule has 11 heavy (non-hydrogen) atoms.